The SMILES string of the molecule is CC1=Cc2c(cccc2N2Cc3ccccc3-c3ccccc32)[CH]1[Zr]. The minimum absolute atomic E-state index is 0.606. The molecule has 2 aliphatic rings. The third-order valence-corrected chi connectivity index (χ3v) is 7.26. The van der Waals surface area contributed by atoms with Crippen molar-refractivity contribution in [2.45, 2.75) is 17.1 Å². The van der Waals surface area contributed by atoms with Gasteiger partial charge in [-0.3, -0.25) is 0 Å². The van der Waals surface area contributed by atoms with Gasteiger partial charge in [-0.1, -0.05) is 0 Å². The molecular formula is C23H18NZr. The van der Waals surface area contributed by atoms with E-state index in [4.69, 9.17) is 0 Å². The summed E-state index contributed by atoms with van der Waals surface area (Å²) in [7, 11) is 0. The summed E-state index contributed by atoms with van der Waals surface area (Å²) in [6.07, 6.45) is 2.40. The first-order valence-electron chi connectivity index (χ1n) is 8.71. The Morgan fingerprint density at radius 2 is 1.56 bits per heavy atom. The monoisotopic (exact) mass is 398 g/mol. The van der Waals surface area contributed by atoms with Crippen molar-refractivity contribution in [3.63, 3.8) is 0 Å². The fourth-order valence-corrected chi connectivity index (χ4v) is 4.92. The van der Waals surface area contributed by atoms with Crippen LogP contribution in [0.3, 0.4) is 0 Å². The van der Waals surface area contributed by atoms with Gasteiger partial charge in [0.1, 0.15) is 0 Å². The number of benzene rings is 3. The molecule has 0 bridgehead atoms. The molecule has 0 saturated heterocycles. The number of hydrogen-bond donors (Lipinski definition) is 0. The van der Waals surface area contributed by atoms with Crippen LogP contribution in [-0.2, 0) is 31.3 Å². The van der Waals surface area contributed by atoms with E-state index in [1.54, 1.807) is 24.7 Å². The molecule has 0 spiro atoms. The van der Waals surface area contributed by atoms with Crippen molar-refractivity contribution in [1.82, 2.24) is 0 Å². The van der Waals surface area contributed by atoms with Crippen LogP contribution in [0.5, 0.6) is 0 Å². The summed E-state index contributed by atoms with van der Waals surface area (Å²) in [6.45, 7) is 3.20. The van der Waals surface area contributed by atoms with Crippen LogP contribution in [-0.4, -0.2) is 0 Å². The maximum absolute atomic E-state index is 2.49. The third kappa shape index (κ3) is 2.31. The van der Waals surface area contributed by atoms with E-state index in [1.807, 2.05) is 0 Å². The number of anilines is 2. The minimum atomic E-state index is 0.606. The average molecular weight is 400 g/mol. The van der Waals surface area contributed by atoms with E-state index < -0.39 is 0 Å². The van der Waals surface area contributed by atoms with E-state index in [2.05, 4.69) is 84.6 Å². The molecule has 1 unspecified atom stereocenters. The van der Waals surface area contributed by atoms with Crippen molar-refractivity contribution in [1.29, 1.82) is 0 Å². The van der Waals surface area contributed by atoms with Crippen LogP contribution in [0.15, 0.2) is 72.3 Å². The quantitative estimate of drug-likeness (QED) is 0.484. The zero-order chi connectivity index (χ0) is 17.0. The Morgan fingerprint density at radius 1 is 0.840 bits per heavy atom. The van der Waals surface area contributed by atoms with Crippen molar-refractivity contribution in [3.8, 4) is 11.1 Å². The van der Waals surface area contributed by atoms with E-state index in [9.17, 15) is 0 Å². The average Bonchev–Trinajstić information content (AvgIpc) is 2.95. The molecule has 0 fully saturated rings. The molecule has 0 aromatic heterocycles. The van der Waals surface area contributed by atoms with Gasteiger partial charge in [-0.15, -0.1) is 0 Å². The van der Waals surface area contributed by atoms with Crippen molar-refractivity contribution in [2.75, 3.05) is 4.90 Å². The molecule has 0 amide bonds. The molecule has 0 radical (unpaired) electrons. The van der Waals surface area contributed by atoms with Crippen molar-refractivity contribution in [3.05, 3.63) is 89.0 Å². The van der Waals surface area contributed by atoms with E-state index in [-0.39, 0.29) is 0 Å². The zero-order valence-electron chi connectivity index (χ0n) is 14.2. The Kier molecular flexibility index (Phi) is 3.57. The van der Waals surface area contributed by atoms with Crippen LogP contribution in [0.25, 0.3) is 17.2 Å². The molecule has 5 rings (SSSR count). The van der Waals surface area contributed by atoms with Gasteiger partial charge in [0.2, 0.25) is 0 Å². The summed E-state index contributed by atoms with van der Waals surface area (Å²) in [5.74, 6) is 0. The predicted molar refractivity (Wildman–Crippen MR) is 101 cm³/mol. The van der Waals surface area contributed by atoms with Gasteiger partial charge in [0, 0.05) is 0 Å². The number of para-hydroxylation sites is 1. The van der Waals surface area contributed by atoms with E-state index in [1.165, 1.54) is 44.8 Å². The predicted octanol–water partition coefficient (Wildman–Crippen LogP) is 6.01. The number of nitrogens with zero attached hydrogens (tertiary/aromatic N) is 1. The molecule has 0 N–H and O–H groups in total. The van der Waals surface area contributed by atoms with Gasteiger partial charge in [-0.05, 0) is 0 Å². The first-order valence-corrected chi connectivity index (χ1v) is 10.1. The first kappa shape index (κ1) is 15.3. The number of rotatable bonds is 1. The fraction of sp³-hybridized carbons (Fsp3) is 0.130. The maximum atomic E-state index is 2.49. The van der Waals surface area contributed by atoms with E-state index >= 15 is 0 Å². The van der Waals surface area contributed by atoms with Gasteiger partial charge in [0.15, 0.2) is 0 Å². The first-order chi connectivity index (χ1) is 12.2. The van der Waals surface area contributed by atoms with Gasteiger partial charge in [-0.25, -0.2) is 0 Å². The molecule has 3 aromatic rings. The molecular weight excluding hydrogens is 381 g/mol. The summed E-state index contributed by atoms with van der Waals surface area (Å²) in [5.41, 5.74) is 11.1. The molecule has 1 heterocycles. The van der Waals surface area contributed by atoms with Crippen LogP contribution in [0.1, 0.15) is 27.2 Å². The van der Waals surface area contributed by atoms with Crippen molar-refractivity contribution in [2.24, 2.45) is 0 Å². The normalized spacial score (nSPS) is 17.5. The number of fused-ring (bicyclic) bond motifs is 4. The summed E-state index contributed by atoms with van der Waals surface area (Å²) in [6, 6.07) is 24.4. The Labute approximate surface area is 163 Å². The summed E-state index contributed by atoms with van der Waals surface area (Å²) in [5, 5.41) is 0. The number of hydrogen-bond acceptors (Lipinski definition) is 1. The molecule has 0 saturated carbocycles. The van der Waals surface area contributed by atoms with Crippen LogP contribution < -0.4 is 4.90 Å². The summed E-state index contributed by atoms with van der Waals surface area (Å²) < 4.78 is 0.606. The zero-order valence-corrected chi connectivity index (χ0v) is 16.6. The van der Waals surface area contributed by atoms with E-state index in [0.29, 0.717) is 3.63 Å². The number of allylic oxidation sites excluding steroid dienone is 1. The third-order valence-electron chi connectivity index (χ3n) is 5.38. The Bertz CT molecular complexity index is 1020. The van der Waals surface area contributed by atoms with Crippen LogP contribution in [0.2, 0.25) is 0 Å². The van der Waals surface area contributed by atoms with E-state index in [0.717, 1.165) is 6.54 Å². The fourth-order valence-electron chi connectivity index (χ4n) is 4.10. The topological polar surface area (TPSA) is 3.24 Å². The molecule has 1 nitrogen and oxygen atoms in total. The molecule has 25 heavy (non-hydrogen) atoms. The van der Waals surface area contributed by atoms with Gasteiger partial charge < -0.3 is 0 Å². The second-order valence-electron chi connectivity index (χ2n) is 6.86. The second kappa shape index (κ2) is 5.82. The van der Waals surface area contributed by atoms with Crippen molar-refractivity contribution >= 4 is 17.5 Å². The molecule has 3 aromatic carbocycles. The molecule has 1 aliphatic heterocycles. The molecule has 119 valence electrons. The Balaban J connectivity index is 1.73. The van der Waals surface area contributed by atoms with Gasteiger partial charge >= 0.3 is 164 Å². The van der Waals surface area contributed by atoms with Crippen molar-refractivity contribution < 1.29 is 24.7 Å². The second-order valence-corrected chi connectivity index (χ2v) is 8.28. The van der Waals surface area contributed by atoms with Crippen LogP contribution in [0, 0.1) is 0 Å². The Morgan fingerprint density at radius 3 is 2.44 bits per heavy atom. The van der Waals surface area contributed by atoms with Gasteiger partial charge in [0.05, 0.1) is 0 Å². The summed E-state index contributed by atoms with van der Waals surface area (Å²) in [4.78, 5) is 2.49. The van der Waals surface area contributed by atoms with Gasteiger partial charge in [0.25, 0.3) is 0 Å². The molecule has 2 heteroatoms. The summed E-state index contributed by atoms with van der Waals surface area (Å²) >= 11 is 1.57. The van der Waals surface area contributed by atoms with Crippen LogP contribution >= 0.6 is 0 Å². The van der Waals surface area contributed by atoms with Crippen LogP contribution in [0.4, 0.5) is 11.4 Å². The molecule has 1 aliphatic carbocycles. The molecule has 1 atom stereocenters. The standard InChI is InChI=1S/C23H18N.Zr/c1-16-13-17-8-6-12-23(21(17)14-16)24-15-18-7-2-3-9-19(18)20-10-4-5-11-22(20)24;/h2-14H,15H2,1H3;. The van der Waals surface area contributed by atoms with Gasteiger partial charge in [-0.2, -0.15) is 0 Å². The Hall–Kier alpha value is -1.92.